The molecule has 0 unspecified atom stereocenters. The number of hydrogen-bond acceptors (Lipinski definition) is 4. The van der Waals surface area contributed by atoms with E-state index in [1.54, 1.807) is 4.90 Å². The van der Waals surface area contributed by atoms with E-state index in [9.17, 15) is 9.59 Å². The Bertz CT molecular complexity index is 731. The highest BCUT2D eigenvalue weighted by Crippen LogP contribution is 2.25. The van der Waals surface area contributed by atoms with E-state index in [4.69, 9.17) is 0 Å². The van der Waals surface area contributed by atoms with E-state index in [1.807, 2.05) is 11.8 Å². The molecule has 6 heteroatoms. The van der Waals surface area contributed by atoms with Crippen LogP contribution in [0.1, 0.15) is 37.3 Å². The largest absolute Gasteiger partial charge is 0.343 e. The minimum absolute atomic E-state index is 0.253. The van der Waals surface area contributed by atoms with Crippen molar-refractivity contribution in [1.29, 1.82) is 0 Å². The quantitative estimate of drug-likeness (QED) is 0.679. The van der Waals surface area contributed by atoms with Crippen LogP contribution in [-0.2, 0) is 9.59 Å². The molecule has 1 aromatic carbocycles. The van der Waals surface area contributed by atoms with Crippen molar-refractivity contribution >= 4 is 18.4 Å². The second kappa shape index (κ2) is 12.0. The van der Waals surface area contributed by atoms with Crippen molar-refractivity contribution in [2.24, 2.45) is 0 Å². The van der Waals surface area contributed by atoms with Crippen LogP contribution in [0.2, 0.25) is 0 Å². The number of piperazine rings is 2. The molecule has 31 heavy (non-hydrogen) atoms. The lowest BCUT2D eigenvalue weighted by molar-refractivity contribution is -0.135. The summed E-state index contributed by atoms with van der Waals surface area (Å²) < 4.78 is 0. The molecule has 6 nitrogen and oxygen atoms in total. The third kappa shape index (κ3) is 6.91. The van der Waals surface area contributed by atoms with Gasteiger partial charge in [0, 0.05) is 58.4 Å². The Hall–Kier alpha value is -2.18. The molecule has 1 aliphatic carbocycles. The third-order valence-electron chi connectivity index (χ3n) is 6.71. The van der Waals surface area contributed by atoms with Crippen molar-refractivity contribution in [3.63, 3.8) is 0 Å². The van der Waals surface area contributed by atoms with Gasteiger partial charge in [-0.25, -0.2) is 0 Å². The fourth-order valence-corrected chi connectivity index (χ4v) is 4.36. The van der Waals surface area contributed by atoms with Crippen molar-refractivity contribution in [1.82, 2.24) is 19.6 Å². The van der Waals surface area contributed by atoms with Crippen molar-refractivity contribution in [3.05, 3.63) is 41.5 Å². The van der Waals surface area contributed by atoms with Crippen molar-refractivity contribution < 1.29 is 9.59 Å². The highest BCUT2D eigenvalue weighted by Gasteiger charge is 2.30. The van der Waals surface area contributed by atoms with Gasteiger partial charge in [0.25, 0.3) is 0 Å². The van der Waals surface area contributed by atoms with E-state index in [2.05, 4.69) is 53.1 Å². The Balaban J connectivity index is 0.000000229. The maximum atomic E-state index is 12.4. The summed E-state index contributed by atoms with van der Waals surface area (Å²) in [6.07, 6.45) is 9.14. The number of carbonyl (C=O) groups is 2. The van der Waals surface area contributed by atoms with Crippen LogP contribution in [0.5, 0.6) is 0 Å². The Morgan fingerprint density at radius 2 is 1.68 bits per heavy atom. The van der Waals surface area contributed by atoms with E-state index < -0.39 is 0 Å². The predicted octanol–water partition coefficient (Wildman–Crippen LogP) is 2.49. The number of allylic oxidation sites excluding steroid dienone is 1. The Kier molecular flexibility index (Phi) is 9.10. The number of rotatable bonds is 5. The molecule has 0 radical (unpaired) electrons. The summed E-state index contributed by atoms with van der Waals surface area (Å²) in [5, 5.41) is 0. The van der Waals surface area contributed by atoms with Gasteiger partial charge in [0.15, 0.2) is 0 Å². The van der Waals surface area contributed by atoms with Crippen LogP contribution in [0.4, 0.5) is 0 Å². The van der Waals surface area contributed by atoms with Crippen molar-refractivity contribution in [2.75, 3.05) is 58.9 Å². The van der Waals surface area contributed by atoms with Crippen LogP contribution in [0.15, 0.2) is 30.3 Å². The van der Waals surface area contributed by atoms with Gasteiger partial charge in [0.2, 0.25) is 12.3 Å². The second-order valence-electron chi connectivity index (χ2n) is 8.78. The summed E-state index contributed by atoms with van der Waals surface area (Å²) >= 11 is 0. The van der Waals surface area contributed by atoms with Gasteiger partial charge in [-0.1, -0.05) is 42.8 Å². The zero-order chi connectivity index (χ0) is 22.1. The first-order chi connectivity index (χ1) is 15.1. The zero-order valence-corrected chi connectivity index (χ0v) is 19.2. The van der Waals surface area contributed by atoms with Gasteiger partial charge in [-0.05, 0) is 37.8 Å². The first-order valence-corrected chi connectivity index (χ1v) is 11.7. The number of amides is 2. The molecule has 2 heterocycles. The molecule has 4 rings (SSSR count). The number of aryl methyl sites for hydroxylation is 1. The van der Waals surface area contributed by atoms with Crippen LogP contribution in [0.25, 0.3) is 6.08 Å². The Labute approximate surface area is 187 Å². The van der Waals surface area contributed by atoms with Crippen molar-refractivity contribution in [2.45, 2.75) is 39.2 Å². The van der Waals surface area contributed by atoms with Gasteiger partial charge in [0.05, 0.1) is 6.54 Å². The standard InChI is InChI=1S/C15H26N4O2.C10H12/c20-13-17-6-4-16(5-7-17)12-15(21)19-10-8-18(9-11-19)14-2-1-3-14;1-3-6-10-8-5-4-7-9(10)2/h13-14H,1-12H2;3-8H,1-2H3/b;6-3+. The summed E-state index contributed by atoms with van der Waals surface area (Å²) in [7, 11) is 0. The smallest absolute Gasteiger partial charge is 0.236 e. The van der Waals surface area contributed by atoms with E-state index in [-0.39, 0.29) is 5.91 Å². The highest BCUT2D eigenvalue weighted by molar-refractivity contribution is 5.78. The average Bonchev–Trinajstić information content (AvgIpc) is 2.76. The normalized spacial score (nSPS) is 20.8. The van der Waals surface area contributed by atoms with E-state index >= 15 is 0 Å². The number of carbonyl (C=O) groups excluding carboxylic acids is 2. The summed E-state index contributed by atoms with van der Waals surface area (Å²) in [6.45, 7) is 11.6. The number of hydrogen-bond donors (Lipinski definition) is 0. The molecule has 2 amide bonds. The lowest BCUT2D eigenvalue weighted by Crippen LogP contribution is -2.56. The summed E-state index contributed by atoms with van der Waals surface area (Å²) in [5.41, 5.74) is 2.64. The molecular formula is C25H38N4O2. The van der Waals surface area contributed by atoms with E-state index in [0.717, 1.165) is 64.8 Å². The summed E-state index contributed by atoms with van der Waals surface area (Å²) in [5.74, 6) is 0.253. The third-order valence-corrected chi connectivity index (χ3v) is 6.71. The van der Waals surface area contributed by atoms with E-state index in [1.165, 1.54) is 30.4 Å². The second-order valence-corrected chi connectivity index (χ2v) is 8.78. The maximum absolute atomic E-state index is 12.4. The Morgan fingerprint density at radius 1 is 1.00 bits per heavy atom. The molecule has 1 aromatic rings. The van der Waals surface area contributed by atoms with Crippen LogP contribution < -0.4 is 0 Å². The zero-order valence-electron chi connectivity index (χ0n) is 19.2. The van der Waals surface area contributed by atoms with Crippen LogP contribution in [0.3, 0.4) is 0 Å². The molecule has 1 saturated carbocycles. The molecular weight excluding hydrogens is 388 g/mol. The molecule has 3 fully saturated rings. The monoisotopic (exact) mass is 426 g/mol. The lowest BCUT2D eigenvalue weighted by Gasteiger charge is -2.43. The van der Waals surface area contributed by atoms with Gasteiger partial charge in [-0.15, -0.1) is 0 Å². The highest BCUT2D eigenvalue weighted by atomic mass is 16.2. The number of nitrogens with zero attached hydrogens (tertiary/aromatic N) is 4. The molecule has 3 aliphatic rings. The molecule has 2 saturated heterocycles. The minimum Gasteiger partial charge on any atom is -0.343 e. The average molecular weight is 427 g/mol. The van der Waals surface area contributed by atoms with Gasteiger partial charge in [0.1, 0.15) is 0 Å². The van der Waals surface area contributed by atoms with Crippen LogP contribution in [-0.4, -0.2) is 96.9 Å². The fourth-order valence-electron chi connectivity index (χ4n) is 4.36. The molecule has 0 N–H and O–H groups in total. The SMILES string of the molecule is C/C=C/c1ccccc1C.O=CN1CCN(CC(=O)N2CCN(C3CCC3)CC2)CC1. The van der Waals surface area contributed by atoms with Gasteiger partial charge < -0.3 is 9.80 Å². The number of benzene rings is 1. The van der Waals surface area contributed by atoms with Gasteiger partial charge >= 0.3 is 0 Å². The molecule has 170 valence electrons. The summed E-state index contributed by atoms with van der Waals surface area (Å²) in [6, 6.07) is 9.15. The van der Waals surface area contributed by atoms with Gasteiger partial charge in [-0.2, -0.15) is 0 Å². The van der Waals surface area contributed by atoms with E-state index in [0.29, 0.717) is 6.54 Å². The molecule has 2 aliphatic heterocycles. The molecule has 0 spiro atoms. The first kappa shape index (κ1) is 23.5. The topological polar surface area (TPSA) is 47.1 Å². The minimum atomic E-state index is 0.253. The van der Waals surface area contributed by atoms with Crippen LogP contribution >= 0.6 is 0 Å². The fraction of sp³-hybridized carbons (Fsp3) is 0.600. The molecule has 0 bridgehead atoms. The van der Waals surface area contributed by atoms with Crippen LogP contribution in [0, 0.1) is 6.92 Å². The van der Waals surface area contributed by atoms with Gasteiger partial charge in [-0.3, -0.25) is 19.4 Å². The first-order valence-electron chi connectivity index (χ1n) is 11.7. The van der Waals surface area contributed by atoms with Crippen molar-refractivity contribution in [3.8, 4) is 0 Å². The predicted molar refractivity (Wildman–Crippen MR) is 126 cm³/mol. The summed E-state index contributed by atoms with van der Waals surface area (Å²) in [4.78, 5) is 31.5. The Morgan fingerprint density at radius 3 is 2.23 bits per heavy atom. The molecule has 0 aromatic heterocycles. The molecule has 0 atom stereocenters. The lowest BCUT2D eigenvalue weighted by atomic mass is 9.91. The maximum Gasteiger partial charge on any atom is 0.236 e.